The number of esters is 1. The Morgan fingerprint density at radius 3 is 2.56 bits per heavy atom. The van der Waals surface area contributed by atoms with Crippen LogP contribution >= 0.6 is 0 Å². The van der Waals surface area contributed by atoms with Gasteiger partial charge in [0.1, 0.15) is 17.1 Å². The molecule has 100 valence electrons. The number of carbonyl (C=O) groups is 1. The first kappa shape index (κ1) is 13.1. The van der Waals surface area contributed by atoms with Gasteiger partial charge in [-0.1, -0.05) is 19.3 Å². The van der Waals surface area contributed by atoms with E-state index in [0.29, 0.717) is 12.4 Å². The Kier molecular flexibility index (Phi) is 3.68. The molecule has 0 bridgehead atoms. The van der Waals surface area contributed by atoms with E-state index in [9.17, 15) is 4.79 Å². The minimum Gasteiger partial charge on any atom is -0.465 e. The molecule has 18 heavy (non-hydrogen) atoms. The van der Waals surface area contributed by atoms with Crippen LogP contribution in [0.3, 0.4) is 0 Å². The number of carbonyl (C=O) groups excluding carboxylic acids is 1. The molecule has 0 spiro atoms. The van der Waals surface area contributed by atoms with E-state index in [4.69, 9.17) is 4.74 Å². The van der Waals surface area contributed by atoms with E-state index in [2.05, 4.69) is 10.1 Å². The van der Waals surface area contributed by atoms with Crippen LogP contribution < -0.4 is 0 Å². The lowest BCUT2D eigenvalue weighted by atomic mass is 9.73. The summed E-state index contributed by atoms with van der Waals surface area (Å²) < 4.78 is 7.02. The molecule has 1 aromatic rings. The highest BCUT2D eigenvalue weighted by Gasteiger charge is 2.46. The molecule has 5 heteroatoms. The monoisotopic (exact) mass is 251 g/mol. The fourth-order valence-electron chi connectivity index (χ4n) is 2.87. The van der Waals surface area contributed by atoms with Gasteiger partial charge in [-0.25, -0.2) is 4.98 Å². The maximum absolute atomic E-state index is 12.4. The van der Waals surface area contributed by atoms with Crippen molar-refractivity contribution < 1.29 is 9.53 Å². The molecule has 1 heterocycles. The van der Waals surface area contributed by atoms with Gasteiger partial charge >= 0.3 is 5.97 Å². The molecule has 0 amide bonds. The fourth-order valence-corrected chi connectivity index (χ4v) is 2.87. The molecule has 0 aromatic carbocycles. The number of aryl methyl sites for hydroxylation is 2. The van der Waals surface area contributed by atoms with Crippen LogP contribution in [-0.4, -0.2) is 27.3 Å². The van der Waals surface area contributed by atoms with Crippen LogP contribution in [-0.2, 0) is 22.0 Å². The van der Waals surface area contributed by atoms with Crippen molar-refractivity contribution in [3.63, 3.8) is 0 Å². The third-order valence-corrected chi connectivity index (χ3v) is 3.67. The summed E-state index contributed by atoms with van der Waals surface area (Å²) in [5.74, 6) is 1.33. The van der Waals surface area contributed by atoms with Crippen LogP contribution in [0.2, 0.25) is 0 Å². The third kappa shape index (κ3) is 2.13. The van der Waals surface area contributed by atoms with Gasteiger partial charge in [0.25, 0.3) is 0 Å². The molecule has 1 saturated carbocycles. The fraction of sp³-hybridized carbons (Fsp3) is 0.769. The Bertz CT molecular complexity index is 433. The zero-order valence-electron chi connectivity index (χ0n) is 11.4. The predicted molar refractivity (Wildman–Crippen MR) is 67.1 cm³/mol. The summed E-state index contributed by atoms with van der Waals surface area (Å²) in [7, 11) is 1.85. The molecule has 0 unspecified atom stereocenters. The average molecular weight is 251 g/mol. The molecule has 0 saturated heterocycles. The smallest absolute Gasteiger partial charge is 0.319 e. The minimum absolute atomic E-state index is 0.139. The summed E-state index contributed by atoms with van der Waals surface area (Å²) >= 11 is 0. The van der Waals surface area contributed by atoms with Crippen LogP contribution in [0, 0.1) is 6.92 Å². The van der Waals surface area contributed by atoms with Crippen molar-refractivity contribution in [1.82, 2.24) is 14.8 Å². The lowest BCUT2D eigenvalue weighted by Crippen LogP contribution is -2.41. The van der Waals surface area contributed by atoms with Crippen LogP contribution in [0.1, 0.15) is 50.7 Å². The number of aromatic nitrogens is 3. The molecule has 0 N–H and O–H groups in total. The van der Waals surface area contributed by atoms with E-state index in [-0.39, 0.29) is 5.97 Å². The Morgan fingerprint density at radius 2 is 2.06 bits per heavy atom. The number of ether oxygens (including phenoxy) is 1. The normalized spacial score (nSPS) is 18.6. The summed E-state index contributed by atoms with van der Waals surface area (Å²) in [5, 5.41) is 4.27. The standard InChI is InChI=1S/C13H21N3O2/c1-4-18-12(17)13(8-6-5-7-9-13)11-14-10(2)15-16(11)3/h4-9H2,1-3H3. The van der Waals surface area contributed by atoms with Gasteiger partial charge in [-0.15, -0.1) is 0 Å². The molecule has 2 rings (SSSR count). The van der Waals surface area contributed by atoms with E-state index < -0.39 is 5.41 Å². The molecule has 5 nitrogen and oxygen atoms in total. The lowest BCUT2D eigenvalue weighted by molar-refractivity contribution is -0.152. The van der Waals surface area contributed by atoms with Gasteiger partial charge in [0, 0.05) is 7.05 Å². The highest BCUT2D eigenvalue weighted by atomic mass is 16.5. The van der Waals surface area contributed by atoms with Gasteiger partial charge in [0.15, 0.2) is 0 Å². The maximum atomic E-state index is 12.4. The Balaban J connectivity index is 2.41. The van der Waals surface area contributed by atoms with Gasteiger partial charge in [0.05, 0.1) is 6.61 Å². The average Bonchev–Trinajstić information content (AvgIpc) is 2.70. The third-order valence-electron chi connectivity index (χ3n) is 3.67. The molecule has 1 aliphatic carbocycles. The number of nitrogens with zero attached hydrogens (tertiary/aromatic N) is 3. The van der Waals surface area contributed by atoms with Gasteiger partial charge < -0.3 is 4.74 Å². The molecular formula is C13H21N3O2. The largest absolute Gasteiger partial charge is 0.465 e. The molecule has 0 atom stereocenters. The van der Waals surface area contributed by atoms with Crippen molar-refractivity contribution in [3.8, 4) is 0 Å². The highest BCUT2D eigenvalue weighted by Crippen LogP contribution is 2.39. The molecule has 1 aromatic heterocycles. The van der Waals surface area contributed by atoms with Gasteiger partial charge in [-0.3, -0.25) is 9.48 Å². The van der Waals surface area contributed by atoms with Gasteiger partial charge in [-0.05, 0) is 26.7 Å². The molecule has 0 aliphatic heterocycles. The van der Waals surface area contributed by atoms with Gasteiger partial charge in [0.2, 0.25) is 0 Å². The quantitative estimate of drug-likeness (QED) is 0.770. The van der Waals surface area contributed by atoms with Crippen molar-refractivity contribution in [2.75, 3.05) is 6.61 Å². The second-order valence-electron chi connectivity index (χ2n) is 4.97. The van der Waals surface area contributed by atoms with Crippen LogP contribution in [0.25, 0.3) is 0 Å². The van der Waals surface area contributed by atoms with E-state index in [1.54, 1.807) is 4.68 Å². The Hall–Kier alpha value is -1.39. The van der Waals surface area contributed by atoms with Crippen LogP contribution in [0.5, 0.6) is 0 Å². The van der Waals surface area contributed by atoms with E-state index in [1.807, 2.05) is 20.9 Å². The summed E-state index contributed by atoms with van der Waals surface area (Å²) in [4.78, 5) is 16.8. The second-order valence-corrected chi connectivity index (χ2v) is 4.97. The van der Waals surface area contributed by atoms with Crippen LogP contribution in [0.15, 0.2) is 0 Å². The molecule has 0 radical (unpaired) electrons. The van der Waals surface area contributed by atoms with Crippen molar-refractivity contribution in [3.05, 3.63) is 11.6 Å². The van der Waals surface area contributed by atoms with Crippen molar-refractivity contribution >= 4 is 5.97 Å². The van der Waals surface area contributed by atoms with Crippen molar-refractivity contribution in [2.24, 2.45) is 7.05 Å². The first-order chi connectivity index (χ1) is 8.60. The molecule has 1 aliphatic rings. The SMILES string of the molecule is CCOC(=O)C1(c2nc(C)nn2C)CCCCC1. The Labute approximate surface area is 108 Å². The van der Waals surface area contributed by atoms with E-state index in [1.165, 1.54) is 6.42 Å². The Morgan fingerprint density at radius 1 is 1.39 bits per heavy atom. The summed E-state index contributed by atoms with van der Waals surface area (Å²) in [6.45, 7) is 4.11. The van der Waals surface area contributed by atoms with Crippen LogP contribution in [0.4, 0.5) is 0 Å². The number of hydrogen-bond donors (Lipinski definition) is 0. The van der Waals surface area contributed by atoms with Gasteiger partial charge in [-0.2, -0.15) is 5.10 Å². The topological polar surface area (TPSA) is 57.0 Å². The van der Waals surface area contributed by atoms with E-state index in [0.717, 1.165) is 31.5 Å². The summed E-state index contributed by atoms with van der Waals surface area (Å²) in [5.41, 5.74) is -0.579. The zero-order chi connectivity index (χ0) is 13.2. The van der Waals surface area contributed by atoms with E-state index >= 15 is 0 Å². The maximum Gasteiger partial charge on any atom is 0.319 e. The first-order valence-corrected chi connectivity index (χ1v) is 6.65. The lowest BCUT2D eigenvalue weighted by Gasteiger charge is -2.33. The number of hydrogen-bond acceptors (Lipinski definition) is 4. The van der Waals surface area contributed by atoms with Crippen molar-refractivity contribution in [2.45, 2.75) is 51.4 Å². The summed E-state index contributed by atoms with van der Waals surface area (Å²) in [6.07, 6.45) is 4.91. The minimum atomic E-state index is -0.579. The zero-order valence-corrected chi connectivity index (χ0v) is 11.4. The molecule has 1 fully saturated rings. The van der Waals surface area contributed by atoms with Crippen molar-refractivity contribution in [1.29, 1.82) is 0 Å². The first-order valence-electron chi connectivity index (χ1n) is 6.65. The number of rotatable bonds is 3. The second kappa shape index (κ2) is 5.08. The highest BCUT2D eigenvalue weighted by molar-refractivity contribution is 5.82. The summed E-state index contributed by atoms with van der Waals surface area (Å²) in [6, 6.07) is 0. The molecular weight excluding hydrogens is 230 g/mol. The predicted octanol–water partition coefficient (Wildman–Crippen LogP) is 1.89.